The fourth-order valence-electron chi connectivity index (χ4n) is 1.91. The molecule has 0 atom stereocenters. The van der Waals surface area contributed by atoms with E-state index >= 15 is 0 Å². The number of nitrogen functional groups attached to an aromatic ring is 1. The number of H-pyrrole nitrogens is 1. The van der Waals surface area contributed by atoms with E-state index < -0.39 is 0 Å². The van der Waals surface area contributed by atoms with Crippen LogP contribution in [0.2, 0.25) is 5.02 Å². The van der Waals surface area contributed by atoms with Gasteiger partial charge in [0.15, 0.2) is 5.82 Å². The fourth-order valence-corrected chi connectivity index (χ4v) is 2.14. The summed E-state index contributed by atoms with van der Waals surface area (Å²) < 4.78 is 0. The molecule has 3 N–H and O–H groups in total. The minimum absolute atomic E-state index is 0.508. The van der Waals surface area contributed by atoms with E-state index in [0.717, 1.165) is 23.2 Å². The number of anilines is 1. The van der Waals surface area contributed by atoms with Gasteiger partial charge < -0.3 is 5.73 Å². The van der Waals surface area contributed by atoms with Gasteiger partial charge >= 0.3 is 0 Å². The Labute approximate surface area is 106 Å². The summed E-state index contributed by atoms with van der Waals surface area (Å²) in [7, 11) is 0. The van der Waals surface area contributed by atoms with Crippen LogP contribution in [-0.4, -0.2) is 10.2 Å². The van der Waals surface area contributed by atoms with E-state index in [2.05, 4.69) is 24.0 Å². The number of benzene rings is 1. The zero-order valence-corrected chi connectivity index (χ0v) is 10.8. The Morgan fingerprint density at radius 2 is 2.06 bits per heavy atom. The van der Waals surface area contributed by atoms with E-state index in [1.165, 1.54) is 0 Å². The largest absolute Gasteiger partial charge is 0.382 e. The number of nitrogens with one attached hydrogen (secondary N) is 1. The summed E-state index contributed by atoms with van der Waals surface area (Å²) in [6, 6.07) is 7.69. The Hall–Kier alpha value is -1.48. The first-order valence-corrected chi connectivity index (χ1v) is 6.05. The maximum Gasteiger partial charge on any atom is 0.153 e. The molecule has 17 heavy (non-hydrogen) atoms. The lowest BCUT2D eigenvalue weighted by atomic mass is 9.99. The van der Waals surface area contributed by atoms with Crippen LogP contribution in [-0.2, 0) is 6.42 Å². The van der Waals surface area contributed by atoms with Crippen LogP contribution in [0.15, 0.2) is 24.3 Å². The number of hydrogen-bond donors (Lipinski definition) is 2. The minimum atomic E-state index is 0.508. The monoisotopic (exact) mass is 249 g/mol. The van der Waals surface area contributed by atoms with Crippen molar-refractivity contribution in [3.05, 3.63) is 35.0 Å². The molecule has 3 nitrogen and oxygen atoms in total. The number of aromatic amines is 1. The van der Waals surface area contributed by atoms with E-state index in [9.17, 15) is 0 Å². The summed E-state index contributed by atoms with van der Waals surface area (Å²) in [5, 5.41) is 7.78. The predicted molar refractivity (Wildman–Crippen MR) is 72.0 cm³/mol. The van der Waals surface area contributed by atoms with Crippen LogP contribution >= 0.6 is 11.6 Å². The van der Waals surface area contributed by atoms with Crippen molar-refractivity contribution in [3.8, 4) is 11.1 Å². The van der Waals surface area contributed by atoms with Crippen molar-refractivity contribution < 1.29 is 0 Å². The van der Waals surface area contributed by atoms with Crippen molar-refractivity contribution in [3.63, 3.8) is 0 Å². The van der Waals surface area contributed by atoms with Crippen LogP contribution in [0.5, 0.6) is 0 Å². The van der Waals surface area contributed by atoms with Crippen molar-refractivity contribution >= 4 is 17.4 Å². The van der Waals surface area contributed by atoms with Crippen LogP contribution in [0.25, 0.3) is 11.1 Å². The van der Waals surface area contributed by atoms with E-state index in [1.807, 2.05) is 24.3 Å². The molecule has 0 bridgehead atoms. The highest BCUT2D eigenvalue weighted by Crippen LogP contribution is 2.34. The van der Waals surface area contributed by atoms with Crippen LogP contribution in [0.4, 0.5) is 5.82 Å². The Kier molecular flexibility index (Phi) is 3.38. The van der Waals surface area contributed by atoms with E-state index in [0.29, 0.717) is 16.8 Å². The maximum atomic E-state index is 6.20. The van der Waals surface area contributed by atoms with Gasteiger partial charge in [-0.05, 0) is 18.4 Å². The van der Waals surface area contributed by atoms with Crippen LogP contribution in [0.3, 0.4) is 0 Å². The average molecular weight is 250 g/mol. The smallest absolute Gasteiger partial charge is 0.153 e. The van der Waals surface area contributed by atoms with E-state index in [1.54, 1.807) is 0 Å². The first kappa shape index (κ1) is 12.0. The molecule has 0 aliphatic heterocycles. The molecule has 0 aliphatic rings. The van der Waals surface area contributed by atoms with Crippen molar-refractivity contribution in [2.24, 2.45) is 5.92 Å². The quantitative estimate of drug-likeness (QED) is 0.875. The lowest BCUT2D eigenvalue weighted by molar-refractivity contribution is 0.634. The summed E-state index contributed by atoms with van der Waals surface area (Å²) in [6.07, 6.45) is 0.907. The van der Waals surface area contributed by atoms with Gasteiger partial charge in [0.2, 0.25) is 0 Å². The normalized spacial score (nSPS) is 11.1. The Morgan fingerprint density at radius 1 is 1.35 bits per heavy atom. The van der Waals surface area contributed by atoms with Gasteiger partial charge in [0.1, 0.15) is 0 Å². The molecule has 2 aromatic rings. The van der Waals surface area contributed by atoms with Gasteiger partial charge in [-0.25, -0.2) is 0 Å². The standard InChI is InChI=1S/C13H16ClN3/c1-8(2)7-11-12(13(15)17-16-11)9-5-3-4-6-10(9)14/h3-6,8H,7H2,1-2H3,(H3,15,16,17). The fraction of sp³-hybridized carbons (Fsp3) is 0.308. The summed E-state index contributed by atoms with van der Waals surface area (Å²) in [5.41, 5.74) is 8.84. The molecule has 0 fully saturated rings. The predicted octanol–water partition coefficient (Wildman–Crippen LogP) is 3.51. The highest BCUT2D eigenvalue weighted by molar-refractivity contribution is 6.33. The third-order valence-electron chi connectivity index (χ3n) is 2.62. The highest BCUT2D eigenvalue weighted by Gasteiger charge is 2.15. The molecule has 2 rings (SSSR count). The Morgan fingerprint density at radius 3 is 2.71 bits per heavy atom. The molecule has 90 valence electrons. The van der Waals surface area contributed by atoms with Gasteiger partial charge in [-0.1, -0.05) is 43.6 Å². The molecule has 4 heteroatoms. The Bertz CT molecular complexity index is 517. The van der Waals surface area contributed by atoms with Gasteiger partial charge in [0.05, 0.1) is 0 Å². The second-order valence-electron chi connectivity index (χ2n) is 4.54. The highest BCUT2D eigenvalue weighted by atomic mass is 35.5. The summed E-state index contributed by atoms with van der Waals surface area (Å²) >= 11 is 6.20. The van der Waals surface area contributed by atoms with Crippen LogP contribution in [0.1, 0.15) is 19.5 Å². The lowest BCUT2D eigenvalue weighted by Gasteiger charge is -2.08. The molecule has 0 saturated heterocycles. The molecule has 1 aromatic heterocycles. The van der Waals surface area contributed by atoms with Crippen LogP contribution < -0.4 is 5.73 Å². The number of rotatable bonds is 3. The molecule has 0 aliphatic carbocycles. The third kappa shape index (κ3) is 2.44. The Balaban J connectivity index is 2.51. The second kappa shape index (κ2) is 4.80. The summed E-state index contributed by atoms with van der Waals surface area (Å²) in [4.78, 5) is 0. The molecule has 0 saturated carbocycles. The zero-order chi connectivity index (χ0) is 12.4. The maximum absolute atomic E-state index is 6.20. The number of halogens is 1. The number of nitrogens with two attached hydrogens (primary N) is 1. The first-order valence-electron chi connectivity index (χ1n) is 5.67. The zero-order valence-electron chi connectivity index (χ0n) is 10.00. The number of hydrogen-bond acceptors (Lipinski definition) is 2. The topological polar surface area (TPSA) is 54.7 Å². The molecule has 0 amide bonds. The molecular formula is C13H16ClN3. The van der Waals surface area contributed by atoms with Gasteiger partial charge in [-0.2, -0.15) is 5.10 Å². The van der Waals surface area contributed by atoms with Gasteiger partial charge in [0.25, 0.3) is 0 Å². The molecule has 0 spiro atoms. The van der Waals surface area contributed by atoms with Crippen molar-refractivity contribution in [2.75, 3.05) is 5.73 Å². The molecule has 0 radical (unpaired) electrons. The molecule has 0 unspecified atom stereocenters. The third-order valence-corrected chi connectivity index (χ3v) is 2.95. The van der Waals surface area contributed by atoms with E-state index in [4.69, 9.17) is 17.3 Å². The molecular weight excluding hydrogens is 234 g/mol. The molecule has 1 aromatic carbocycles. The lowest BCUT2D eigenvalue weighted by Crippen LogP contribution is -1.97. The van der Waals surface area contributed by atoms with Crippen molar-refractivity contribution in [1.29, 1.82) is 0 Å². The first-order chi connectivity index (χ1) is 8.09. The van der Waals surface area contributed by atoms with Gasteiger partial charge in [-0.3, -0.25) is 5.10 Å². The molecule has 1 heterocycles. The minimum Gasteiger partial charge on any atom is -0.382 e. The SMILES string of the molecule is CC(C)Cc1[nH]nc(N)c1-c1ccccc1Cl. The summed E-state index contributed by atoms with van der Waals surface area (Å²) in [6.45, 7) is 4.32. The average Bonchev–Trinajstić information content (AvgIpc) is 2.60. The van der Waals surface area contributed by atoms with Crippen molar-refractivity contribution in [1.82, 2.24) is 10.2 Å². The van der Waals surface area contributed by atoms with E-state index in [-0.39, 0.29) is 0 Å². The number of nitrogens with zero attached hydrogens (tertiary/aromatic N) is 1. The number of aromatic nitrogens is 2. The summed E-state index contributed by atoms with van der Waals surface area (Å²) in [5.74, 6) is 1.05. The van der Waals surface area contributed by atoms with Crippen molar-refractivity contribution in [2.45, 2.75) is 20.3 Å². The van der Waals surface area contributed by atoms with Gasteiger partial charge in [0, 0.05) is 21.8 Å². The van der Waals surface area contributed by atoms with Gasteiger partial charge in [-0.15, -0.1) is 0 Å². The van der Waals surface area contributed by atoms with Crippen LogP contribution in [0, 0.1) is 5.92 Å². The second-order valence-corrected chi connectivity index (χ2v) is 4.95.